The van der Waals surface area contributed by atoms with Crippen molar-refractivity contribution in [2.24, 2.45) is 5.73 Å². The number of rotatable bonds is 0. The maximum atomic E-state index is 5.65. The van der Waals surface area contributed by atoms with Crippen molar-refractivity contribution in [3.63, 3.8) is 0 Å². The Morgan fingerprint density at radius 1 is 1.33 bits per heavy atom. The van der Waals surface area contributed by atoms with Gasteiger partial charge >= 0.3 is 0 Å². The summed E-state index contributed by atoms with van der Waals surface area (Å²) in [6.45, 7) is 0. The van der Waals surface area contributed by atoms with Gasteiger partial charge in [0.15, 0.2) is 0 Å². The van der Waals surface area contributed by atoms with Crippen molar-refractivity contribution < 1.29 is 0 Å². The smallest absolute Gasteiger partial charge is 0.0650 e. The van der Waals surface area contributed by atoms with Gasteiger partial charge in [-0.1, -0.05) is 43.9 Å². The van der Waals surface area contributed by atoms with Crippen molar-refractivity contribution in [3.8, 4) is 0 Å². The molecule has 2 N–H and O–H groups in total. The highest BCUT2D eigenvalue weighted by atomic mass is 127. The van der Waals surface area contributed by atoms with Crippen LogP contribution in [0.25, 0.3) is 0 Å². The maximum Gasteiger partial charge on any atom is 0.0650 e. The van der Waals surface area contributed by atoms with E-state index < -0.39 is 0 Å². The second-order valence-electron chi connectivity index (χ2n) is 1.44. The third kappa shape index (κ3) is 2.04. The summed E-state index contributed by atoms with van der Waals surface area (Å²) >= 11 is 11.1. The van der Waals surface area contributed by atoms with Gasteiger partial charge in [0.2, 0.25) is 0 Å². The molecule has 0 aromatic heterocycles. The lowest BCUT2D eigenvalue weighted by atomic mass is 10.5. The van der Waals surface area contributed by atoms with Gasteiger partial charge in [-0.15, -0.1) is 0 Å². The topological polar surface area (TPSA) is 26.0 Å². The predicted octanol–water partition coefficient (Wildman–Crippen LogP) is 2.26. The number of allylic oxidation sites excluding steroid dienone is 2. The summed E-state index contributed by atoms with van der Waals surface area (Å²) in [6, 6.07) is 0. The highest BCUT2D eigenvalue weighted by molar-refractivity contribution is 14.2. The highest BCUT2D eigenvalue weighted by Gasteiger charge is 2.01. The van der Waals surface area contributed by atoms with E-state index in [1.165, 1.54) is 0 Å². The normalized spacial score (nSPS) is 19.2. The van der Waals surface area contributed by atoms with E-state index in [1.807, 2.05) is 4.08 Å². The monoisotopic (exact) mass is 275 g/mol. The first-order valence-electron chi connectivity index (χ1n) is 2.19. The molecule has 0 atom stereocenters. The molecule has 0 aromatic rings. The van der Waals surface area contributed by atoms with Crippen LogP contribution in [0.1, 0.15) is 0 Å². The summed E-state index contributed by atoms with van der Waals surface area (Å²) in [5.74, 6) is 0. The molecule has 0 spiro atoms. The van der Waals surface area contributed by atoms with Crippen LogP contribution in [-0.4, -0.2) is 3.63 Å². The summed E-state index contributed by atoms with van der Waals surface area (Å²) in [7, 11) is 0. The van der Waals surface area contributed by atoms with Crippen LogP contribution < -0.4 is 5.73 Å². The van der Waals surface area contributed by atoms with E-state index in [2.05, 4.69) is 0 Å². The lowest BCUT2D eigenvalue weighted by Crippen LogP contribution is -2.05. The van der Waals surface area contributed by atoms with Crippen LogP contribution in [0.3, 0.4) is 0 Å². The lowest BCUT2D eigenvalue weighted by molar-refractivity contribution is 1.78. The fourth-order valence-electron chi connectivity index (χ4n) is 0.385. The summed E-state index contributed by atoms with van der Waals surface area (Å²) < 4.78 is 2.76. The predicted molar refractivity (Wildman–Crippen MR) is 51.1 cm³/mol. The molecule has 0 saturated heterocycles. The van der Waals surface area contributed by atoms with Crippen LogP contribution >= 0.6 is 43.9 Å². The first-order valence-corrected chi connectivity index (χ1v) is 5.27. The Hall–Kier alpha value is 0.620. The number of hydrogen-bond acceptors (Lipinski definition) is 1. The van der Waals surface area contributed by atoms with Gasteiger partial charge in [-0.05, 0) is 10.2 Å². The third-order valence-electron chi connectivity index (χ3n) is 0.769. The van der Waals surface area contributed by atoms with Crippen molar-refractivity contribution in [2.75, 3.05) is 0 Å². The maximum absolute atomic E-state index is 5.65. The molecule has 0 fully saturated rings. The molecule has 9 heavy (non-hydrogen) atoms. The number of hydrogen-bond donors (Lipinski definition) is 1. The molecule has 1 heterocycles. The number of halogens is 3. The Kier molecular flexibility index (Phi) is 2.70. The summed E-state index contributed by atoms with van der Waals surface area (Å²) in [5, 5.41) is 1.19. The minimum Gasteiger partial charge on any atom is -0.298 e. The zero-order valence-electron chi connectivity index (χ0n) is 4.37. The van der Waals surface area contributed by atoms with Crippen LogP contribution in [0.5, 0.6) is 0 Å². The van der Waals surface area contributed by atoms with Gasteiger partial charge in [0, 0.05) is 3.63 Å². The fourth-order valence-corrected chi connectivity index (χ4v) is 2.72. The van der Waals surface area contributed by atoms with E-state index in [4.69, 9.17) is 28.9 Å². The number of nitrogens with two attached hydrogens (primary N) is 1. The molecule has 0 radical (unpaired) electrons. The van der Waals surface area contributed by atoms with Crippen molar-refractivity contribution in [3.05, 3.63) is 20.2 Å². The van der Waals surface area contributed by atoms with E-state index >= 15 is 0 Å². The van der Waals surface area contributed by atoms with Crippen LogP contribution in [0.4, 0.5) is 0 Å². The van der Waals surface area contributed by atoms with E-state index in [0.717, 1.165) is 3.63 Å². The molecule has 1 aliphatic rings. The minimum atomic E-state index is -0.176. The molecule has 0 aliphatic carbocycles. The first-order chi connectivity index (χ1) is 4.20. The Bertz CT molecular complexity index is 217. The second kappa shape index (κ2) is 3.14. The molecule has 1 nitrogen and oxygen atoms in total. The molecule has 1 aliphatic heterocycles. The van der Waals surface area contributed by atoms with Crippen molar-refractivity contribution in [1.82, 2.24) is 0 Å². The molecule has 50 valence electrons. The molecule has 0 saturated carbocycles. The Morgan fingerprint density at radius 3 is 2.44 bits per heavy atom. The molecule has 4 heteroatoms. The minimum absolute atomic E-state index is 0.176. The van der Waals surface area contributed by atoms with E-state index in [-0.39, 0.29) is 20.7 Å². The van der Waals surface area contributed by atoms with Crippen molar-refractivity contribution in [1.29, 1.82) is 0 Å². The SMILES string of the molecule is NC1=IC=C(Cl)C(Cl)=C1. The van der Waals surface area contributed by atoms with Crippen LogP contribution in [0.15, 0.2) is 20.2 Å². The summed E-state index contributed by atoms with van der Waals surface area (Å²) in [6.07, 6.45) is 1.72. The summed E-state index contributed by atoms with van der Waals surface area (Å²) in [4.78, 5) is 0. The molecular formula is C5H4Cl2IN. The average Bonchev–Trinajstić information content (AvgIpc) is 1.80. The van der Waals surface area contributed by atoms with Gasteiger partial charge in [-0.2, -0.15) is 0 Å². The summed E-state index contributed by atoms with van der Waals surface area (Å²) in [5.41, 5.74) is 5.49. The van der Waals surface area contributed by atoms with Crippen molar-refractivity contribution in [2.45, 2.75) is 0 Å². The second-order valence-corrected chi connectivity index (χ2v) is 4.75. The van der Waals surface area contributed by atoms with Gasteiger partial charge in [0.1, 0.15) is 0 Å². The van der Waals surface area contributed by atoms with Crippen LogP contribution in [-0.2, 0) is 0 Å². The molecule has 1 rings (SSSR count). The van der Waals surface area contributed by atoms with Crippen LogP contribution in [0.2, 0.25) is 0 Å². The standard InChI is InChI=1S/C5H4Cl2IN/c6-3-1-5(9)8-2-4(3)7/h1-2H,9H2. The molecule has 0 amide bonds. The van der Waals surface area contributed by atoms with Gasteiger partial charge in [-0.3, -0.25) is 5.73 Å². The first kappa shape index (κ1) is 7.72. The van der Waals surface area contributed by atoms with Gasteiger partial charge in [0.05, 0.1) is 10.1 Å². The zero-order valence-corrected chi connectivity index (χ0v) is 8.04. The van der Waals surface area contributed by atoms with Gasteiger partial charge < -0.3 is 0 Å². The molecule has 0 aromatic carbocycles. The largest absolute Gasteiger partial charge is 0.298 e. The molecule has 0 unspecified atom stereocenters. The lowest BCUT2D eigenvalue weighted by Gasteiger charge is -1.99. The quantitative estimate of drug-likeness (QED) is 0.675. The fraction of sp³-hybridized carbons (Fsp3) is 0. The highest BCUT2D eigenvalue weighted by Crippen LogP contribution is 2.26. The van der Waals surface area contributed by atoms with E-state index in [1.54, 1.807) is 6.08 Å². The van der Waals surface area contributed by atoms with E-state index in [9.17, 15) is 0 Å². The van der Waals surface area contributed by atoms with Crippen LogP contribution in [0, 0.1) is 0 Å². The zero-order chi connectivity index (χ0) is 6.85. The third-order valence-corrected chi connectivity index (χ3v) is 3.82. The molecule has 0 bridgehead atoms. The molecular weight excluding hydrogens is 272 g/mol. The Labute approximate surface area is 73.3 Å². The Morgan fingerprint density at radius 2 is 2.00 bits per heavy atom. The van der Waals surface area contributed by atoms with Gasteiger partial charge in [0.25, 0.3) is 0 Å². The van der Waals surface area contributed by atoms with Gasteiger partial charge in [-0.25, -0.2) is 0 Å². The van der Waals surface area contributed by atoms with E-state index in [0.29, 0.717) is 10.1 Å². The average molecular weight is 276 g/mol. The van der Waals surface area contributed by atoms with Crippen molar-refractivity contribution >= 4 is 47.6 Å². The Balaban J connectivity index is 2.99.